The topological polar surface area (TPSA) is 76.5 Å². The molecule has 0 saturated carbocycles. The number of piperidine rings is 1. The zero-order chi connectivity index (χ0) is 15.8. The number of carbonyl (C=O) groups is 1. The lowest BCUT2D eigenvalue weighted by molar-refractivity contribution is 0.0699. The normalized spacial score (nSPS) is 18.5. The molecule has 1 saturated heterocycles. The average molecular weight is 311 g/mol. The van der Waals surface area contributed by atoms with Gasteiger partial charge < -0.3 is 9.32 Å². The quantitative estimate of drug-likeness (QED) is 0.724. The Bertz CT molecular complexity index is 853. The van der Waals surface area contributed by atoms with Gasteiger partial charge in [0.05, 0.1) is 0 Å². The molecule has 1 amide bonds. The van der Waals surface area contributed by atoms with Crippen LogP contribution in [0.5, 0.6) is 0 Å². The molecule has 0 spiro atoms. The summed E-state index contributed by atoms with van der Waals surface area (Å²) in [6.07, 6.45) is 8.88. The first-order valence-electron chi connectivity index (χ1n) is 7.72. The summed E-state index contributed by atoms with van der Waals surface area (Å²) in [5, 5.41) is 0. The summed E-state index contributed by atoms with van der Waals surface area (Å²) < 4.78 is 7.15. The number of oxazole rings is 1. The number of carbonyl (C=O) groups excluding carboxylic acids is 1. The first kappa shape index (κ1) is 13.9. The maximum absolute atomic E-state index is 12.6. The minimum atomic E-state index is -0.0671. The number of hydrogen-bond donors (Lipinski definition) is 0. The second-order valence-electron chi connectivity index (χ2n) is 5.81. The van der Waals surface area contributed by atoms with Gasteiger partial charge in [0.1, 0.15) is 6.26 Å². The SMILES string of the molecule is Cc1nc(C(=O)N2CCCC(c3ccnc4nccn34)C2)co1. The van der Waals surface area contributed by atoms with Gasteiger partial charge in [-0.25, -0.2) is 15.0 Å². The lowest BCUT2D eigenvalue weighted by Crippen LogP contribution is -2.39. The van der Waals surface area contributed by atoms with Crippen LogP contribution in [0.4, 0.5) is 0 Å². The third kappa shape index (κ3) is 2.48. The van der Waals surface area contributed by atoms with Crippen LogP contribution in [-0.4, -0.2) is 43.2 Å². The summed E-state index contributed by atoms with van der Waals surface area (Å²) in [5.41, 5.74) is 1.52. The fraction of sp³-hybridized carbons (Fsp3) is 0.375. The number of hydrogen-bond acceptors (Lipinski definition) is 5. The molecule has 23 heavy (non-hydrogen) atoms. The van der Waals surface area contributed by atoms with E-state index in [1.807, 2.05) is 21.6 Å². The van der Waals surface area contributed by atoms with Crippen molar-refractivity contribution >= 4 is 11.7 Å². The Kier molecular flexibility index (Phi) is 3.33. The molecule has 1 fully saturated rings. The zero-order valence-corrected chi connectivity index (χ0v) is 12.8. The zero-order valence-electron chi connectivity index (χ0n) is 12.8. The maximum atomic E-state index is 12.6. The molecule has 0 N–H and O–H groups in total. The Morgan fingerprint density at radius 1 is 1.35 bits per heavy atom. The molecular formula is C16H17N5O2. The van der Waals surface area contributed by atoms with Gasteiger partial charge in [-0.05, 0) is 18.9 Å². The van der Waals surface area contributed by atoms with E-state index in [0.29, 0.717) is 23.9 Å². The third-order valence-electron chi connectivity index (χ3n) is 4.30. The van der Waals surface area contributed by atoms with Crippen molar-refractivity contribution in [3.05, 3.63) is 48.2 Å². The number of nitrogens with zero attached hydrogens (tertiary/aromatic N) is 5. The predicted octanol–water partition coefficient (Wildman–Crippen LogP) is 2.05. The standard InChI is InChI=1S/C16H17N5O2/c1-11-19-13(10-23-11)15(22)20-7-2-3-12(9-20)14-4-5-17-16-18-6-8-21(14)16/h4-6,8,10,12H,2-3,7,9H2,1H3. The molecule has 118 valence electrons. The van der Waals surface area contributed by atoms with Crippen molar-refractivity contribution < 1.29 is 9.21 Å². The molecule has 7 nitrogen and oxygen atoms in total. The summed E-state index contributed by atoms with van der Waals surface area (Å²) in [6, 6.07) is 2.01. The van der Waals surface area contributed by atoms with Crippen LogP contribution in [0.25, 0.3) is 5.78 Å². The first-order chi connectivity index (χ1) is 11.2. The molecule has 3 aromatic heterocycles. The van der Waals surface area contributed by atoms with Crippen LogP contribution in [0.15, 0.2) is 35.3 Å². The van der Waals surface area contributed by atoms with E-state index in [4.69, 9.17) is 4.42 Å². The Balaban J connectivity index is 1.60. The smallest absolute Gasteiger partial charge is 0.275 e. The van der Waals surface area contributed by atoms with E-state index < -0.39 is 0 Å². The Labute approximate surface area is 133 Å². The summed E-state index contributed by atoms with van der Waals surface area (Å²) >= 11 is 0. The minimum Gasteiger partial charge on any atom is -0.448 e. The van der Waals surface area contributed by atoms with Gasteiger partial charge in [-0.2, -0.15) is 0 Å². The summed E-state index contributed by atoms with van der Waals surface area (Å²) in [4.78, 5) is 27.1. The predicted molar refractivity (Wildman–Crippen MR) is 82.1 cm³/mol. The van der Waals surface area contributed by atoms with Gasteiger partial charge in [-0.1, -0.05) is 0 Å². The first-order valence-corrected chi connectivity index (χ1v) is 7.72. The van der Waals surface area contributed by atoms with Gasteiger partial charge in [0.25, 0.3) is 5.91 Å². The van der Waals surface area contributed by atoms with Crippen LogP contribution < -0.4 is 0 Å². The molecule has 1 aliphatic rings. The van der Waals surface area contributed by atoms with Crippen molar-refractivity contribution in [2.75, 3.05) is 13.1 Å². The van der Waals surface area contributed by atoms with Gasteiger partial charge in [0.15, 0.2) is 11.6 Å². The van der Waals surface area contributed by atoms with Crippen molar-refractivity contribution in [1.82, 2.24) is 24.3 Å². The number of amides is 1. The summed E-state index contributed by atoms with van der Waals surface area (Å²) in [5.74, 6) is 1.40. The lowest BCUT2D eigenvalue weighted by Gasteiger charge is -2.32. The van der Waals surface area contributed by atoms with E-state index in [2.05, 4.69) is 15.0 Å². The molecule has 3 aromatic rings. The number of aryl methyl sites for hydroxylation is 1. The van der Waals surface area contributed by atoms with E-state index in [1.54, 1.807) is 19.3 Å². The number of fused-ring (bicyclic) bond motifs is 1. The van der Waals surface area contributed by atoms with Crippen molar-refractivity contribution in [1.29, 1.82) is 0 Å². The average Bonchev–Trinajstić information content (AvgIpc) is 3.22. The molecule has 1 atom stereocenters. The van der Waals surface area contributed by atoms with Crippen molar-refractivity contribution in [2.24, 2.45) is 0 Å². The highest BCUT2D eigenvalue weighted by molar-refractivity contribution is 5.92. The third-order valence-corrected chi connectivity index (χ3v) is 4.30. The molecule has 0 bridgehead atoms. The minimum absolute atomic E-state index is 0.0671. The van der Waals surface area contributed by atoms with Crippen molar-refractivity contribution in [3.63, 3.8) is 0 Å². The second kappa shape index (κ2) is 5.49. The molecular weight excluding hydrogens is 294 g/mol. The summed E-state index contributed by atoms with van der Waals surface area (Å²) in [7, 11) is 0. The van der Waals surface area contributed by atoms with Crippen molar-refractivity contribution in [3.8, 4) is 0 Å². The van der Waals surface area contributed by atoms with E-state index >= 15 is 0 Å². The molecule has 1 aliphatic heterocycles. The van der Waals surface area contributed by atoms with E-state index in [0.717, 1.165) is 25.1 Å². The van der Waals surface area contributed by atoms with E-state index in [1.165, 1.54) is 6.26 Å². The molecule has 1 unspecified atom stereocenters. The molecule has 0 aliphatic carbocycles. The fourth-order valence-corrected chi connectivity index (χ4v) is 3.21. The molecule has 4 rings (SSSR count). The van der Waals surface area contributed by atoms with Gasteiger partial charge in [-0.3, -0.25) is 9.20 Å². The maximum Gasteiger partial charge on any atom is 0.275 e. The van der Waals surface area contributed by atoms with Crippen LogP contribution >= 0.6 is 0 Å². The Morgan fingerprint density at radius 2 is 2.22 bits per heavy atom. The largest absolute Gasteiger partial charge is 0.448 e. The van der Waals surface area contributed by atoms with Gasteiger partial charge >= 0.3 is 0 Å². The van der Waals surface area contributed by atoms with Gasteiger partial charge in [-0.15, -0.1) is 0 Å². The number of aromatic nitrogens is 4. The van der Waals surface area contributed by atoms with Crippen LogP contribution in [0.2, 0.25) is 0 Å². The lowest BCUT2D eigenvalue weighted by atomic mass is 9.94. The molecule has 0 aromatic carbocycles. The van der Waals surface area contributed by atoms with Crippen LogP contribution in [0.1, 0.15) is 40.8 Å². The van der Waals surface area contributed by atoms with Crippen molar-refractivity contribution in [2.45, 2.75) is 25.7 Å². The van der Waals surface area contributed by atoms with Crippen LogP contribution in [0.3, 0.4) is 0 Å². The highest BCUT2D eigenvalue weighted by Crippen LogP contribution is 2.27. The Morgan fingerprint density at radius 3 is 3.04 bits per heavy atom. The number of rotatable bonds is 2. The Hall–Kier alpha value is -2.70. The van der Waals surface area contributed by atoms with E-state index in [9.17, 15) is 4.79 Å². The summed E-state index contributed by atoms with van der Waals surface area (Å²) in [6.45, 7) is 3.16. The number of imidazole rings is 1. The van der Waals surface area contributed by atoms with Gasteiger partial charge in [0, 0.05) is 50.2 Å². The van der Waals surface area contributed by atoms with Crippen LogP contribution in [0, 0.1) is 6.92 Å². The van der Waals surface area contributed by atoms with Gasteiger partial charge in [0.2, 0.25) is 5.78 Å². The highest BCUT2D eigenvalue weighted by atomic mass is 16.3. The monoisotopic (exact) mass is 311 g/mol. The molecule has 0 radical (unpaired) electrons. The molecule has 4 heterocycles. The molecule has 7 heteroatoms. The highest BCUT2D eigenvalue weighted by Gasteiger charge is 2.28. The number of likely N-dealkylation sites (tertiary alicyclic amines) is 1. The van der Waals surface area contributed by atoms with E-state index in [-0.39, 0.29) is 11.8 Å². The van der Waals surface area contributed by atoms with Crippen LogP contribution in [-0.2, 0) is 0 Å². The fourth-order valence-electron chi connectivity index (χ4n) is 3.21. The second-order valence-corrected chi connectivity index (χ2v) is 5.81.